The van der Waals surface area contributed by atoms with Crippen molar-refractivity contribution in [2.24, 2.45) is 0 Å². The molecule has 0 aliphatic carbocycles. The summed E-state index contributed by atoms with van der Waals surface area (Å²) in [6.07, 6.45) is -0.399. The molecule has 33 heavy (non-hydrogen) atoms. The maximum Gasteiger partial charge on any atom is 0.415 e. The van der Waals surface area contributed by atoms with Crippen LogP contribution in [0.5, 0.6) is 11.5 Å². The Balaban J connectivity index is 1.85. The van der Waals surface area contributed by atoms with Crippen molar-refractivity contribution in [3.8, 4) is 22.6 Å². The fourth-order valence-corrected chi connectivity index (χ4v) is 5.20. The molecule has 0 atom stereocenters. The Kier molecular flexibility index (Phi) is 5.93. The Labute approximate surface area is 196 Å². The molecule has 0 aliphatic rings. The van der Waals surface area contributed by atoms with Gasteiger partial charge in [0, 0.05) is 33.4 Å². The lowest BCUT2D eigenvalue weighted by Crippen LogP contribution is -2.50. The minimum Gasteiger partial charge on any atom is -0.496 e. The van der Waals surface area contributed by atoms with E-state index in [0.717, 1.165) is 27.4 Å². The van der Waals surface area contributed by atoms with Crippen LogP contribution in [0.25, 0.3) is 32.1 Å². The van der Waals surface area contributed by atoms with E-state index in [-0.39, 0.29) is 17.1 Å². The molecule has 1 N–H and O–H groups in total. The number of carbonyl (C=O) groups excluding carboxylic acids is 1. The van der Waals surface area contributed by atoms with Crippen LogP contribution in [-0.2, 0) is 0 Å². The van der Waals surface area contributed by atoms with E-state index in [4.69, 9.17) is 9.47 Å². The molecule has 0 bridgehead atoms. The van der Waals surface area contributed by atoms with E-state index in [1.165, 1.54) is 11.3 Å². The maximum atomic E-state index is 13.0. The summed E-state index contributed by atoms with van der Waals surface area (Å²) in [6, 6.07) is 13.0. The molecule has 4 aromatic rings. The minimum absolute atomic E-state index is 0.0115. The lowest BCUT2D eigenvalue weighted by Gasteiger charge is -2.37. The van der Waals surface area contributed by atoms with Crippen LogP contribution >= 0.6 is 11.3 Å². The first-order valence-electron chi connectivity index (χ1n) is 10.8. The van der Waals surface area contributed by atoms with Gasteiger partial charge in [0.1, 0.15) is 16.2 Å². The molecule has 0 fully saturated rings. The second-order valence-corrected chi connectivity index (χ2v) is 10.1. The van der Waals surface area contributed by atoms with Gasteiger partial charge in [-0.1, -0.05) is 12.1 Å². The first-order chi connectivity index (χ1) is 15.6. The van der Waals surface area contributed by atoms with Crippen molar-refractivity contribution < 1.29 is 14.3 Å². The predicted molar refractivity (Wildman–Crippen MR) is 135 cm³/mol. The third-order valence-electron chi connectivity index (χ3n) is 5.54. The number of aromatic nitrogens is 1. The smallest absolute Gasteiger partial charge is 0.415 e. The first kappa shape index (κ1) is 22.9. The number of pyridine rings is 1. The summed E-state index contributed by atoms with van der Waals surface area (Å²) in [6.45, 7) is 9.89. The first-order valence-corrected chi connectivity index (χ1v) is 11.7. The molecule has 2 aromatic heterocycles. The zero-order valence-electron chi connectivity index (χ0n) is 19.7. The van der Waals surface area contributed by atoms with E-state index in [2.05, 4.69) is 4.98 Å². The molecule has 0 spiro atoms. The number of hydrogen-bond acceptors (Lipinski definition) is 5. The summed E-state index contributed by atoms with van der Waals surface area (Å²) in [7, 11) is 1.62. The summed E-state index contributed by atoms with van der Waals surface area (Å²) >= 11 is 1.41. The van der Waals surface area contributed by atoms with Gasteiger partial charge < -0.3 is 19.4 Å². The summed E-state index contributed by atoms with van der Waals surface area (Å²) < 4.78 is 12.2. The van der Waals surface area contributed by atoms with Gasteiger partial charge in [-0.15, -0.1) is 11.3 Å². The molecule has 6 nitrogen and oxygen atoms in total. The molecule has 0 unspecified atom stereocenters. The maximum absolute atomic E-state index is 13.0. The van der Waals surface area contributed by atoms with Gasteiger partial charge in [0.15, 0.2) is 0 Å². The number of fused-ring (bicyclic) bond motifs is 3. The van der Waals surface area contributed by atoms with Crippen molar-refractivity contribution >= 4 is 38.4 Å². The number of amides is 1. The van der Waals surface area contributed by atoms with Crippen LogP contribution in [0.15, 0.2) is 52.6 Å². The van der Waals surface area contributed by atoms with E-state index < -0.39 is 6.09 Å². The quantitative estimate of drug-likeness (QED) is 0.378. The van der Waals surface area contributed by atoms with Crippen molar-refractivity contribution in [2.45, 2.75) is 46.2 Å². The molecule has 7 heteroatoms. The largest absolute Gasteiger partial charge is 0.496 e. The van der Waals surface area contributed by atoms with Gasteiger partial charge >= 0.3 is 6.09 Å². The highest BCUT2D eigenvalue weighted by atomic mass is 32.1. The van der Waals surface area contributed by atoms with Crippen LogP contribution in [0, 0.1) is 0 Å². The van der Waals surface area contributed by atoms with Gasteiger partial charge in [0.05, 0.1) is 7.11 Å². The summed E-state index contributed by atoms with van der Waals surface area (Å²) in [5.41, 5.74) is 1.90. The van der Waals surface area contributed by atoms with Crippen molar-refractivity contribution in [3.63, 3.8) is 0 Å². The Morgan fingerprint density at radius 2 is 1.88 bits per heavy atom. The molecule has 0 aliphatic heterocycles. The third kappa shape index (κ3) is 4.20. The number of methoxy groups -OCH3 is 1. The number of hydrogen-bond donors (Lipinski definition) is 1. The molecule has 172 valence electrons. The molecular formula is C26H28N2O4S. The van der Waals surface area contributed by atoms with E-state index in [1.54, 1.807) is 18.1 Å². The average molecular weight is 465 g/mol. The van der Waals surface area contributed by atoms with E-state index >= 15 is 0 Å². The predicted octanol–water partition coefficient (Wildman–Crippen LogP) is 6.43. The van der Waals surface area contributed by atoms with Crippen LogP contribution in [0.4, 0.5) is 4.79 Å². The topological polar surface area (TPSA) is 71.6 Å². The summed E-state index contributed by atoms with van der Waals surface area (Å²) in [4.78, 5) is 30.2. The third-order valence-corrected chi connectivity index (χ3v) is 6.45. The van der Waals surface area contributed by atoms with Gasteiger partial charge in [-0.25, -0.2) is 4.79 Å². The zero-order valence-corrected chi connectivity index (χ0v) is 20.5. The summed E-state index contributed by atoms with van der Waals surface area (Å²) in [5.74, 6) is 1.11. The van der Waals surface area contributed by atoms with Crippen LogP contribution < -0.4 is 15.0 Å². The number of nitrogens with zero attached hydrogens (tertiary/aromatic N) is 1. The number of H-pyrrole nitrogens is 1. The van der Waals surface area contributed by atoms with Crippen LogP contribution in [-0.4, -0.2) is 34.7 Å². The monoisotopic (exact) mass is 464 g/mol. The van der Waals surface area contributed by atoms with Crippen LogP contribution in [0.1, 0.15) is 34.6 Å². The Morgan fingerprint density at radius 1 is 1.12 bits per heavy atom. The second-order valence-electron chi connectivity index (χ2n) is 9.21. The van der Waals surface area contributed by atoms with Gasteiger partial charge in [0.25, 0.3) is 5.56 Å². The highest BCUT2D eigenvalue weighted by molar-refractivity contribution is 7.17. The molecule has 0 saturated heterocycles. The zero-order chi connectivity index (χ0) is 23.9. The van der Waals surface area contributed by atoms with Crippen molar-refractivity contribution in [1.29, 1.82) is 0 Å². The molecule has 0 radical (unpaired) electrons. The van der Waals surface area contributed by atoms with Gasteiger partial charge in [-0.2, -0.15) is 0 Å². The molecule has 2 aromatic carbocycles. The number of rotatable bonds is 4. The van der Waals surface area contributed by atoms with Crippen LogP contribution in [0.3, 0.4) is 0 Å². The number of aromatic amines is 1. The standard InChI is InChI=1S/C26H28N2O4S/c1-15(2)28(26(3,4)5)25(30)32-17-9-7-8-16(14-17)21-20(31-6)11-10-19-22(21)18-12-13-33-23(18)24(29)27-19/h7-15H,1-6H3,(H,27,29). The molecule has 2 heterocycles. The number of ether oxygens (including phenoxy) is 2. The molecule has 0 saturated carbocycles. The fraction of sp³-hybridized carbons (Fsp3) is 0.308. The SMILES string of the molecule is COc1ccc2[nH]c(=O)c3sccc3c2c1-c1cccc(OC(=O)N(C(C)C)C(C)(C)C)c1. The lowest BCUT2D eigenvalue weighted by molar-refractivity contribution is 0.0865. The van der Waals surface area contributed by atoms with Gasteiger partial charge in [0.2, 0.25) is 0 Å². The number of nitrogens with one attached hydrogen (secondary N) is 1. The highest BCUT2D eigenvalue weighted by Crippen LogP contribution is 2.41. The van der Waals surface area contributed by atoms with Crippen molar-refractivity contribution in [3.05, 3.63) is 58.2 Å². The fourth-order valence-electron chi connectivity index (χ4n) is 4.41. The van der Waals surface area contributed by atoms with Crippen LogP contribution in [0.2, 0.25) is 0 Å². The molecule has 1 amide bonds. The average Bonchev–Trinajstić information content (AvgIpc) is 3.22. The number of benzene rings is 2. The number of thiophene rings is 1. The Bertz CT molecular complexity index is 1400. The van der Waals surface area contributed by atoms with Gasteiger partial charge in [-0.05, 0) is 75.9 Å². The second kappa shape index (κ2) is 8.56. The van der Waals surface area contributed by atoms with Crippen molar-refractivity contribution in [1.82, 2.24) is 9.88 Å². The van der Waals surface area contributed by atoms with Gasteiger partial charge in [-0.3, -0.25) is 4.79 Å². The Hall–Kier alpha value is -3.32. The normalized spacial score (nSPS) is 11.8. The Morgan fingerprint density at radius 3 is 2.55 bits per heavy atom. The van der Waals surface area contributed by atoms with E-state index in [9.17, 15) is 9.59 Å². The minimum atomic E-state index is -0.399. The van der Waals surface area contributed by atoms with E-state index in [0.29, 0.717) is 16.2 Å². The molecule has 4 rings (SSSR count). The summed E-state index contributed by atoms with van der Waals surface area (Å²) in [5, 5.41) is 3.68. The van der Waals surface area contributed by atoms with Crippen molar-refractivity contribution in [2.75, 3.05) is 7.11 Å². The van der Waals surface area contributed by atoms with E-state index in [1.807, 2.05) is 76.4 Å². The number of carbonyl (C=O) groups is 1. The molecular weight excluding hydrogens is 436 g/mol. The lowest BCUT2D eigenvalue weighted by atomic mass is 9.97. The highest BCUT2D eigenvalue weighted by Gasteiger charge is 2.30.